The predicted octanol–water partition coefficient (Wildman–Crippen LogP) is 0.591. The van der Waals surface area contributed by atoms with Gasteiger partial charge in [0.25, 0.3) is 5.91 Å². The molecule has 1 aromatic rings. The van der Waals surface area contributed by atoms with E-state index in [4.69, 9.17) is 5.26 Å². The number of hydrogen-bond donors (Lipinski definition) is 0. The fraction of sp³-hybridized carbons (Fsp3) is 0.417. The highest BCUT2D eigenvalue weighted by molar-refractivity contribution is 7.92. The van der Waals surface area contributed by atoms with Gasteiger partial charge in [-0.2, -0.15) is 5.26 Å². The summed E-state index contributed by atoms with van der Waals surface area (Å²) in [6.45, 7) is 0. The van der Waals surface area contributed by atoms with Crippen LogP contribution in [-0.4, -0.2) is 43.6 Å². The van der Waals surface area contributed by atoms with Crippen molar-refractivity contribution >= 4 is 15.7 Å². The number of amides is 1. The summed E-state index contributed by atoms with van der Waals surface area (Å²) in [4.78, 5) is 16.8. The van der Waals surface area contributed by atoms with Gasteiger partial charge >= 0.3 is 0 Å². The van der Waals surface area contributed by atoms with Crippen molar-refractivity contribution in [1.82, 2.24) is 9.88 Å². The fourth-order valence-corrected chi connectivity index (χ4v) is 3.40. The normalized spacial score (nSPS) is 14.8. The molecule has 0 aromatic carbocycles. The molecule has 1 amide bonds. The molecule has 0 unspecified atom stereocenters. The largest absolute Gasteiger partial charge is 0.343 e. The fourth-order valence-electron chi connectivity index (χ4n) is 1.66. The topological polar surface area (TPSA) is 91.1 Å². The molecule has 100 valence electrons. The van der Waals surface area contributed by atoms with Crippen LogP contribution >= 0.6 is 0 Å². The molecular weight excluding hydrogens is 266 g/mol. The third-order valence-electron chi connectivity index (χ3n) is 2.86. The van der Waals surface area contributed by atoms with E-state index in [1.807, 2.05) is 0 Å². The van der Waals surface area contributed by atoms with E-state index in [1.54, 1.807) is 20.2 Å². The second kappa shape index (κ2) is 4.63. The maximum atomic E-state index is 12.1. The van der Waals surface area contributed by atoms with Crippen molar-refractivity contribution in [3.63, 3.8) is 0 Å². The molecule has 0 N–H and O–H groups in total. The monoisotopic (exact) mass is 279 g/mol. The van der Waals surface area contributed by atoms with E-state index in [2.05, 4.69) is 4.98 Å². The number of hydrogen-bond acceptors (Lipinski definition) is 5. The van der Waals surface area contributed by atoms with Crippen molar-refractivity contribution in [3.05, 3.63) is 23.5 Å². The van der Waals surface area contributed by atoms with Gasteiger partial charge in [-0.15, -0.1) is 0 Å². The lowest BCUT2D eigenvalue weighted by atomic mass is 10.3. The standard InChI is InChI=1S/C12H13N3O3S/c1-15(2)12(16)9-5-6-11(10(7-13)14-9)19(17,18)8-3-4-8/h5-6,8H,3-4H2,1-2H3. The molecule has 0 aliphatic heterocycles. The van der Waals surface area contributed by atoms with Crippen LogP contribution in [0.1, 0.15) is 29.0 Å². The molecule has 1 aromatic heterocycles. The third kappa shape index (κ3) is 2.44. The Balaban J connectivity index is 2.49. The molecule has 7 heteroatoms. The first-order chi connectivity index (χ1) is 8.87. The lowest BCUT2D eigenvalue weighted by Crippen LogP contribution is -2.23. The maximum Gasteiger partial charge on any atom is 0.271 e. The first-order valence-corrected chi connectivity index (χ1v) is 7.29. The van der Waals surface area contributed by atoms with Crippen LogP contribution in [0.5, 0.6) is 0 Å². The third-order valence-corrected chi connectivity index (χ3v) is 5.15. The lowest BCUT2D eigenvalue weighted by Gasteiger charge is -2.10. The highest BCUT2D eigenvalue weighted by Crippen LogP contribution is 2.34. The zero-order valence-corrected chi connectivity index (χ0v) is 11.4. The zero-order chi connectivity index (χ0) is 14.2. The first-order valence-electron chi connectivity index (χ1n) is 5.74. The van der Waals surface area contributed by atoms with E-state index >= 15 is 0 Å². The van der Waals surface area contributed by atoms with Crippen molar-refractivity contribution in [3.8, 4) is 6.07 Å². The van der Waals surface area contributed by atoms with Crippen LogP contribution in [0.2, 0.25) is 0 Å². The van der Waals surface area contributed by atoms with Crippen LogP contribution in [0.25, 0.3) is 0 Å². The summed E-state index contributed by atoms with van der Waals surface area (Å²) in [6.07, 6.45) is 1.23. The van der Waals surface area contributed by atoms with E-state index in [0.717, 1.165) is 0 Å². The molecule has 0 saturated heterocycles. The number of pyridine rings is 1. The maximum absolute atomic E-state index is 12.1. The Morgan fingerprint density at radius 3 is 2.53 bits per heavy atom. The van der Waals surface area contributed by atoms with Gasteiger partial charge in [-0.3, -0.25) is 4.79 Å². The van der Waals surface area contributed by atoms with E-state index in [9.17, 15) is 13.2 Å². The summed E-state index contributed by atoms with van der Waals surface area (Å²) in [5, 5.41) is 8.62. The number of carbonyl (C=O) groups is 1. The highest BCUT2D eigenvalue weighted by Gasteiger charge is 2.38. The van der Waals surface area contributed by atoms with Crippen LogP contribution in [0, 0.1) is 11.3 Å². The number of nitrogens with zero attached hydrogens (tertiary/aromatic N) is 3. The van der Waals surface area contributed by atoms with Gasteiger partial charge < -0.3 is 4.90 Å². The molecule has 1 aliphatic carbocycles. The van der Waals surface area contributed by atoms with E-state index in [-0.39, 0.29) is 22.2 Å². The summed E-state index contributed by atoms with van der Waals surface area (Å²) in [7, 11) is -0.360. The Hall–Kier alpha value is -1.94. The van der Waals surface area contributed by atoms with E-state index in [1.165, 1.54) is 17.0 Å². The minimum Gasteiger partial charge on any atom is -0.343 e. The molecule has 1 saturated carbocycles. The molecule has 2 rings (SSSR count). The second-order valence-corrected chi connectivity index (χ2v) is 6.80. The molecule has 0 bridgehead atoms. The van der Waals surface area contributed by atoms with Crippen molar-refractivity contribution in [2.45, 2.75) is 23.0 Å². The zero-order valence-electron chi connectivity index (χ0n) is 10.6. The summed E-state index contributed by atoms with van der Waals surface area (Å²) in [5.41, 5.74) is -0.143. The first kappa shape index (κ1) is 13.5. The quantitative estimate of drug-likeness (QED) is 0.807. The van der Waals surface area contributed by atoms with Gasteiger partial charge in [-0.1, -0.05) is 0 Å². The van der Waals surface area contributed by atoms with Crippen molar-refractivity contribution in [2.75, 3.05) is 14.1 Å². The van der Waals surface area contributed by atoms with Gasteiger partial charge in [0.05, 0.1) is 5.25 Å². The molecule has 0 atom stereocenters. The molecule has 1 aliphatic rings. The minimum absolute atomic E-state index is 0.0660. The molecule has 6 nitrogen and oxygen atoms in total. The second-order valence-electron chi connectivity index (χ2n) is 4.60. The van der Waals surface area contributed by atoms with Gasteiger partial charge in [-0.05, 0) is 25.0 Å². The highest BCUT2D eigenvalue weighted by atomic mass is 32.2. The Morgan fingerprint density at radius 2 is 2.05 bits per heavy atom. The molecule has 1 fully saturated rings. The Labute approximate surface area is 111 Å². The van der Waals surface area contributed by atoms with Crippen molar-refractivity contribution in [2.24, 2.45) is 0 Å². The average molecular weight is 279 g/mol. The predicted molar refractivity (Wildman–Crippen MR) is 67.2 cm³/mol. The molecule has 1 heterocycles. The summed E-state index contributed by atoms with van der Waals surface area (Å²) < 4.78 is 24.2. The molecule has 19 heavy (non-hydrogen) atoms. The lowest BCUT2D eigenvalue weighted by molar-refractivity contribution is 0.0821. The summed E-state index contributed by atoms with van der Waals surface area (Å²) in [6, 6.07) is 4.40. The van der Waals surface area contributed by atoms with Gasteiger partial charge in [-0.25, -0.2) is 13.4 Å². The summed E-state index contributed by atoms with van der Waals surface area (Å²) in [5.74, 6) is -0.369. The average Bonchev–Trinajstić information content (AvgIpc) is 3.21. The number of rotatable bonds is 3. The van der Waals surface area contributed by atoms with E-state index < -0.39 is 15.1 Å². The van der Waals surface area contributed by atoms with Crippen LogP contribution in [0.4, 0.5) is 0 Å². The summed E-state index contributed by atoms with van der Waals surface area (Å²) >= 11 is 0. The van der Waals surface area contributed by atoms with Crippen LogP contribution in [-0.2, 0) is 9.84 Å². The Morgan fingerprint density at radius 1 is 1.42 bits per heavy atom. The van der Waals surface area contributed by atoms with Crippen LogP contribution < -0.4 is 0 Å². The molecular formula is C12H13N3O3S. The Bertz CT molecular complexity index is 670. The van der Waals surface area contributed by atoms with Gasteiger partial charge in [0.1, 0.15) is 16.7 Å². The SMILES string of the molecule is CN(C)C(=O)c1ccc(S(=O)(=O)C2CC2)c(C#N)n1. The molecule has 0 spiro atoms. The van der Waals surface area contributed by atoms with Crippen molar-refractivity contribution < 1.29 is 13.2 Å². The smallest absolute Gasteiger partial charge is 0.271 e. The van der Waals surface area contributed by atoms with Crippen molar-refractivity contribution in [1.29, 1.82) is 5.26 Å². The van der Waals surface area contributed by atoms with Gasteiger partial charge in [0, 0.05) is 14.1 Å². The minimum atomic E-state index is -3.48. The van der Waals surface area contributed by atoms with Gasteiger partial charge in [0.2, 0.25) is 0 Å². The number of sulfone groups is 1. The number of aromatic nitrogens is 1. The van der Waals surface area contributed by atoms with E-state index in [0.29, 0.717) is 12.8 Å². The van der Waals surface area contributed by atoms with Crippen LogP contribution in [0.3, 0.4) is 0 Å². The van der Waals surface area contributed by atoms with Crippen LogP contribution in [0.15, 0.2) is 17.0 Å². The number of nitriles is 1. The Kier molecular flexibility index (Phi) is 3.28. The van der Waals surface area contributed by atoms with Gasteiger partial charge in [0.15, 0.2) is 15.5 Å². The number of carbonyl (C=O) groups excluding carboxylic acids is 1. The molecule has 0 radical (unpaired) electrons.